The maximum absolute atomic E-state index is 12.3. The Morgan fingerprint density at radius 1 is 1.35 bits per heavy atom. The summed E-state index contributed by atoms with van der Waals surface area (Å²) in [6.45, 7) is -2.39. The van der Waals surface area contributed by atoms with E-state index in [1.54, 1.807) is 0 Å². The number of carbonyl (C=O) groups is 2. The fraction of sp³-hybridized carbons (Fsp3) is 0.400. The van der Waals surface area contributed by atoms with Crippen molar-refractivity contribution in [3.05, 3.63) is 17.8 Å². The summed E-state index contributed by atoms with van der Waals surface area (Å²) in [5, 5.41) is 15.4. The molecule has 20 heavy (non-hydrogen) atoms. The number of halogens is 3. The first-order valence-corrected chi connectivity index (χ1v) is 5.18. The molecule has 0 aliphatic carbocycles. The van der Waals surface area contributed by atoms with Crippen LogP contribution in [0.1, 0.15) is 10.5 Å². The van der Waals surface area contributed by atoms with E-state index in [0.29, 0.717) is 4.90 Å². The second-order valence-corrected chi connectivity index (χ2v) is 3.63. The third-order valence-corrected chi connectivity index (χ3v) is 2.07. The zero-order chi connectivity index (χ0) is 15.3. The largest absolute Gasteiger partial charge is 0.480 e. The lowest BCUT2D eigenvalue weighted by molar-refractivity contribution is -0.136. The molecule has 1 aromatic rings. The maximum Gasteiger partial charge on any atom is 0.405 e. The summed E-state index contributed by atoms with van der Waals surface area (Å²) in [7, 11) is 1.11. The molecule has 1 N–H and O–H groups in total. The molecule has 1 aromatic heterocycles. The van der Waals surface area contributed by atoms with Crippen molar-refractivity contribution in [3.63, 3.8) is 0 Å². The molecule has 0 bridgehead atoms. The summed E-state index contributed by atoms with van der Waals surface area (Å²) < 4.78 is 41.4. The van der Waals surface area contributed by atoms with Crippen LogP contribution in [0, 0.1) is 0 Å². The summed E-state index contributed by atoms with van der Waals surface area (Å²) in [5.41, 5.74) is -0.196. The standard InChI is InChI=1S/C10H10F3N3O4/c1-20-9(19)6-2-3-7(15-14-6)16(4-8(17)18)5-10(11,12)13/h2-3H,4-5H2,1H3,(H,17,18). The number of hydrogen-bond donors (Lipinski definition) is 1. The van der Waals surface area contributed by atoms with Crippen LogP contribution >= 0.6 is 0 Å². The Labute approximate surface area is 111 Å². The van der Waals surface area contributed by atoms with Crippen molar-refractivity contribution in [1.82, 2.24) is 10.2 Å². The summed E-state index contributed by atoms with van der Waals surface area (Å²) in [4.78, 5) is 22.1. The fourth-order valence-electron chi connectivity index (χ4n) is 1.30. The Morgan fingerprint density at radius 2 is 2.00 bits per heavy atom. The number of rotatable bonds is 5. The molecule has 0 aliphatic heterocycles. The minimum absolute atomic E-state index is 0.196. The molecule has 7 nitrogen and oxygen atoms in total. The number of carboxylic acids is 1. The lowest BCUT2D eigenvalue weighted by atomic mass is 10.3. The van der Waals surface area contributed by atoms with Gasteiger partial charge < -0.3 is 14.7 Å². The molecule has 0 radical (unpaired) electrons. The highest BCUT2D eigenvalue weighted by atomic mass is 19.4. The van der Waals surface area contributed by atoms with Crippen LogP contribution in [-0.4, -0.2) is 53.6 Å². The van der Waals surface area contributed by atoms with Crippen LogP contribution in [0.3, 0.4) is 0 Å². The highest BCUT2D eigenvalue weighted by Crippen LogP contribution is 2.20. The van der Waals surface area contributed by atoms with E-state index >= 15 is 0 Å². The summed E-state index contributed by atoms with van der Waals surface area (Å²) in [5.74, 6) is -2.56. The number of methoxy groups -OCH3 is 1. The van der Waals surface area contributed by atoms with Gasteiger partial charge in [-0.05, 0) is 12.1 Å². The molecular formula is C10H10F3N3O4. The molecular weight excluding hydrogens is 283 g/mol. The first kappa shape index (κ1) is 15.7. The first-order valence-electron chi connectivity index (χ1n) is 5.18. The predicted octanol–water partition coefficient (Wildman–Crippen LogP) is 0.717. The normalized spacial score (nSPS) is 11.0. The zero-order valence-corrected chi connectivity index (χ0v) is 10.2. The number of aromatic nitrogens is 2. The SMILES string of the molecule is COC(=O)c1ccc(N(CC(=O)O)CC(F)(F)F)nn1. The van der Waals surface area contributed by atoms with Gasteiger partial charge in [0.1, 0.15) is 13.1 Å². The van der Waals surface area contributed by atoms with E-state index in [4.69, 9.17) is 5.11 Å². The molecule has 1 rings (SSSR count). The van der Waals surface area contributed by atoms with Gasteiger partial charge in [-0.15, -0.1) is 10.2 Å². The Kier molecular flexibility index (Phi) is 4.83. The molecule has 110 valence electrons. The number of esters is 1. The number of alkyl halides is 3. The summed E-state index contributed by atoms with van der Waals surface area (Å²) in [6.07, 6.45) is -4.60. The van der Waals surface area contributed by atoms with Crippen LogP contribution < -0.4 is 4.90 Å². The Hall–Kier alpha value is -2.39. The quantitative estimate of drug-likeness (QED) is 0.799. The van der Waals surface area contributed by atoms with Crippen molar-refractivity contribution in [1.29, 1.82) is 0 Å². The highest BCUT2D eigenvalue weighted by molar-refractivity contribution is 5.87. The third-order valence-electron chi connectivity index (χ3n) is 2.07. The molecule has 0 saturated carbocycles. The molecule has 0 amide bonds. The van der Waals surface area contributed by atoms with Crippen molar-refractivity contribution in [3.8, 4) is 0 Å². The lowest BCUT2D eigenvalue weighted by Crippen LogP contribution is -2.38. The second-order valence-electron chi connectivity index (χ2n) is 3.63. The van der Waals surface area contributed by atoms with E-state index in [9.17, 15) is 22.8 Å². The molecule has 0 aromatic carbocycles. The van der Waals surface area contributed by atoms with Gasteiger partial charge in [0.15, 0.2) is 11.5 Å². The first-order chi connectivity index (χ1) is 9.23. The van der Waals surface area contributed by atoms with Gasteiger partial charge in [0, 0.05) is 0 Å². The van der Waals surface area contributed by atoms with Crippen LogP contribution in [0.2, 0.25) is 0 Å². The molecule has 10 heteroatoms. The molecule has 1 heterocycles. The van der Waals surface area contributed by atoms with Gasteiger partial charge in [-0.1, -0.05) is 0 Å². The smallest absolute Gasteiger partial charge is 0.405 e. The number of hydrogen-bond acceptors (Lipinski definition) is 6. The van der Waals surface area contributed by atoms with E-state index in [1.165, 1.54) is 0 Å². The maximum atomic E-state index is 12.3. The van der Waals surface area contributed by atoms with Crippen LogP contribution in [0.25, 0.3) is 0 Å². The van der Waals surface area contributed by atoms with E-state index in [-0.39, 0.29) is 11.5 Å². The zero-order valence-electron chi connectivity index (χ0n) is 10.2. The van der Waals surface area contributed by atoms with Crippen molar-refractivity contribution in [2.45, 2.75) is 6.18 Å². The summed E-state index contributed by atoms with van der Waals surface area (Å²) >= 11 is 0. The average Bonchev–Trinajstić information content (AvgIpc) is 2.35. The topological polar surface area (TPSA) is 92.6 Å². The molecule has 0 fully saturated rings. The second kappa shape index (κ2) is 6.17. The predicted molar refractivity (Wildman–Crippen MR) is 59.3 cm³/mol. The van der Waals surface area contributed by atoms with E-state index in [2.05, 4.69) is 14.9 Å². The van der Waals surface area contributed by atoms with Crippen LogP contribution in [0.15, 0.2) is 12.1 Å². The number of carbonyl (C=O) groups excluding carboxylic acids is 1. The van der Waals surface area contributed by atoms with E-state index in [0.717, 1.165) is 19.2 Å². The van der Waals surface area contributed by atoms with Crippen molar-refractivity contribution >= 4 is 17.8 Å². The van der Waals surface area contributed by atoms with Crippen molar-refractivity contribution < 1.29 is 32.6 Å². The van der Waals surface area contributed by atoms with Gasteiger partial charge in [0.05, 0.1) is 7.11 Å². The molecule has 0 spiro atoms. The fourth-order valence-corrected chi connectivity index (χ4v) is 1.30. The molecule has 0 saturated heterocycles. The van der Waals surface area contributed by atoms with Crippen LogP contribution in [-0.2, 0) is 9.53 Å². The van der Waals surface area contributed by atoms with Gasteiger partial charge in [0.25, 0.3) is 0 Å². The van der Waals surface area contributed by atoms with Crippen LogP contribution in [0.5, 0.6) is 0 Å². The van der Waals surface area contributed by atoms with Crippen LogP contribution in [0.4, 0.5) is 19.0 Å². The van der Waals surface area contributed by atoms with Crippen molar-refractivity contribution in [2.75, 3.05) is 25.1 Å². The number of aliphatic carboxylic acids is 1. The number of anilines is 1. The van der Waals surface area contributed by atoms with E-state index < -0.39 is 31.2 Å². The van der Waals surface area contributed by atoms with Crippen molar-refractivity contribution in [2.24, 2.45) is 0 Å². The molecule has 0 aliphatic rings. The van der Waals surface area contributed by atoms with Gasteiger partial charge in [-0.3, -0.25) is 4.79 Å². The third kappa shape index (κ3) is 4.71. The molecule has 0 atom stereocenters. The number of nitrogens with zero attached hydrogens (tertiary/aromatic N) is 3. The van der Waals surface area contributed by atoms with E-state index in [1.807, 2.05) is 0 Å². The average molecular weight is 293 g/mol. The number of ether oxygens (including phenoxy) is 1. The van der Waals surface area contributed by atoms with Gasteiger partial charge in [0.2, 0.25) is 0 Å². The van der Waals surface area contributed by atoms with Gasteiger partial charge >= 0.3 is 18.1 Å². The molecule has 0 unspecified atom stereocenters. The summed E-state index contributed by atoms with van der Waals surface area (Å²) in [6, 6.07) is 2.16. The Balaban J connectivity index is 2.96. The lowest BCUT2D eigenvalue weighted by Gasteiger charge is -2.22. The minimum Gasteiger partial charge on any atom is -0.480 e. The van der Waals surface area contributed by atoms with Gasteiger partial charge in [-0.2, -0.15) is 13.2 Å². The Morgan fingerprint density at radius 3 is 2.40 bits per heavy atom. The number of carboxylic acid groups (broad SMARTS) is 1. The minimum atomic E-state index is -4.60. The Bertz CT molecular complexity index is 490. The highest BCUT2D eigenvalue weighted by Gasteiger charge is 2.32. The van der Waals surface area contributed by atoms with Gasteiger partial charge in [-0.25, -0.2) is 4.79 Å². The monoisotopic (exact) mass is 293 g/mol.